The lowest BCUT2D eigenvalue weighted by molar-refractivity contribution is -0.117. The maximum Gasteiger partial charge on any atom is 0.240 e. The first-order valence-corrected chi connectivity index (χ1v) is 11.1. The Balaban J connectivity index is 1.38. The maximum atomic E-state index is 12.6. The average molecular weight is 456 g/mol. The van der Waals surface area contributed by atoms with E-state index in [0.29, 0.717) is 23.2 Å². The van der Waals surface area contributed by atoms with Crippen LogP contribution >= 0.6 is 11.3 Å². The van der Waals surface area contributed by atoms with Crippen molar-refractivity contribution in [1.29, 1.82) is 0 Å². The molecule has 4 rings (SSSR count). The van der Waals surface area contributed by atoms with Gasteiger partial charge in [0.25, 0.3) is 0 Å². The van der Waals surface area contributed by atoms with Crippen molar-refractivity contribution in [3.63, 3.8) is 0 Å². The topological polar surface area (TPSA) is 82.2 Å². The number of hydrogen-bond acceptors (Lipinski definition) is 8. The average Bonchev–Trinajstić information content (AvgIpc) is 3.47. The van der Waals surface area contributed by atoms with E-state index in [0.717, 1.165) is 34.9 Å². The second-order valence-electron chi connectivity index (χ2n) is 7.14. The highest BCUT2D eigenvalue weighted by Gasteiger charge is 2.17. The molecular formula is C23H25N3O5S. The summed E-state index contributed by atoms with van der Waals surface area (Å²) in [5.41, 5.74) is 2.63. The van der Waals surface area contributed by atoms with E-state index in [1.54, 1.807) is 14.2 Å². The van der Waals surface area contributed by atoms with E-state index in [4.69, 9.17) is 18.9 Å². The lowest BCUT2D eigenvalue weighted by atomic mass is 10.1. The number of carbonyl (C=O) groups is 1. The fourth-order valence-corrected chi connectivity index (χ4v) is 4.13. The van der Waals surface area contributed by atoms with Crippen LogP contribution in [0, 0.1) is 0 Å². The number of likely N-dealkylation sites (N-methyl/N-ethyl adjacent to an activating group) is 1. The molecule has 1 aromatic heterocycles. The molecule has 0 unspecified atom stereocenters. The first-order chi connectivity index (χ1) is 15.6. The summed E-state index contributed by atoms with van der Waals surface area (Å²) < 4.78 is 21.5. The van der Waals surface area contributed by atoms with Gasteiger partial charge in [-0.05, 0) is 36.4 Å². The van der Waals surface area contributed by atoms with Gasteiger partial charge in [0, 0.05) is 23.6 Å². The van der Waals surface area contributed by atoms with Crippen molar-refractivity contribution in [2.24, 2.45) is 0 Å². The Kier molecular flexibility index (Phi) is 6.77. The number of nitrogens with zero attached hydrogens (tertiary/aromatic N) is 2. The molecule has 8 nitrogen and oxygen atoms in total. The molecule has 2 heterocycles. The third kappa shape index (κ3) is 4.95. The monoisotopic (exact) mass is 455 g/mol. The molecule has 0 atom stereocenters. The normalized spacial score (nSPS) is 12.1. The van der Waals surface area contributed by atoms with Gasteiger partial charge in [0.05, 0.1) is 26.5 Å². The van der Waals surface area contributed by atoms with Gasteiger partial charge >= 0.3 is 0 Å². The van der Waals surface area contributed by atoms with Gasteiger partial charge in [-0.15, -0.1) is 11.3 Å². The van der Waals surface area contributed by atoms with Crippen LogP contribution in [-0.2, 0) is 11.3 Å². The molecule has 1 aliphatic rings. The summed E-state index contributed by atoms with van der Waals surface area (Å²) in [6, 6.07) is 11.4. The molecular weight excluding hydrogens is 430 g/mol. The molecule has 0 radical (unpaired) electrons. The molecule has 0 bridgehead atoms. The number of aromatic nitrogens is 1. The van der Waals surface area contributed by atoms with E-state index in [1.807, 2.05) is 53.6 Å². The summed E-state index contributed by atoms with van der Waals surface area (Å²) in [6.07, 6.45) is 0. The summed E-state index contributed by atoms with van der Waals surface area (Å²) >= 11 is 1.38. The van der Waals surface area contributed by atoms with Crippen molar-refractivity contribution in [1.82, 2.24) is 9.88 Å². The highest BCUT2D eigenvalue weighted by Crippen LogP contribution is 2.35. The van der Waals surface area contributed by atoms with Crippen LogP contribution in [0.2, 0.25) is 0 Å². The number of thiazole rings is 1. The summed E-state index contributed by atoms with van der Waals surface area (Å²) in [5.74, 6) is 2.75. The van der Waals surface area contributed by atoms with Crippen LogP contribution in [0.4, 0.5) is 5.13 Å². The summed E-state index contributed by atoms with van der Waals surface area (Å²) in [7, 11) is 3.21. The van der Waals surface area contributed by atoms with E-state index in [2.05, 4.69) is 10.3 Å². The summed E-state index contributed by atoms with van der Waals surface area (Å²) in [5, 5.41) is 5.34. The molecule has 0 fully saturated rings. The number of nitrogens with one attached hydrogen (secondary N) is 1. The first-order valence-electron chi connectivity index (χ1n) is 10.2. The molecule has 0 spiro atoms. The van der Waals surface area contributed by atoms with Gasteiger partial charge in [-0.1, -0.05) is 13.0 Å². The van der Waals surface area contributed by atoms with Crippen LogP contribution in [0.15, 0.2) is 41.8 Å². The number of anilines is 1. The van der Waals surface area contributed by atoms with Crippen LogP contribution in [0.5, 0.6) is 23.0 Å². The Morgan fingerprint density at radius 2 is 2.00 bits per heavy atom. The zero-order chi connectivity index (χ0) is 22.5. The minimum absolute atomic E-state index is 0.116. The molecule has 1 aliphatic heterocycles. The zero-order valence-corrected chi connectivity index (χ0v) is 19.0. The van der Waals surface area contributed by atoms with E-state index >= 15 is 0 Å². The largest absolute Gasteiger partial charge is 0.497 e. The van der Waals surface area contributed by atoms with Gasteiger partial charge in [0.1, 0.15) is 11.5 Å². The second-order valence-corrected chi connectivity index (χ2v) is 8.00. The predicted octanol–water partition coefficient (Wildman–Crippen LogP) is 4.02. The van der Waals surface area contributed by atoms with E-state index in [9.17, 15) is 4.79 Å². The van der Waals surface area contributed by atoms with Crippen LogP contribution in [0.25, 0.3) is 11.3 Å². The first kappa shape index (κ1) is 21.9. The minimum atomic E-state index is -0.116. The maximum absolute atomic E-state index is 12.6. The van der Waals surface area contributed by atoms with Gasteiger partial charge in [0.15, 0.2) is 16.6 Å². The molecule has 0 saturated heterocycles. The Bertz CT molecular complexity index is 1100. The highest BCUT2D eigenvalue weighted by molar-refractivity contribution is 7.14. The van der Waals surface area contributed by atoms with Crippen molar-refractivity contribution in [3.05, 3.63) is 47.3 Å². The van der Waals surface area contributed by atoms with Crippen molar-refractivity contribution in [2.75, 3.05) is 39.4 Å². The van der Waals surface area contributed by atoms with Crippen LogP contribution < -0.4 is 24.3 Å². The number of amides is 1. The van der Waals surface area contributed by atoms with Crippen molar-refractivity contribution in [3.8, 4) is 34.3 Å². The number of carbonyl (C=O) groups excluding carboxylic acids is 1. The minimum Gasteiger partial charge on any atom is -0.497 e. The molecule has 0 saturated carbocycles. The molecule has 1 N–H and O–H groups in total. The number of benzene rings is 2. The quantitative estimate of drug-likeness (QED) is 0.522. The Labute approximate surface area is 190 Å². The number of methoxy groups -OCH3 is 2. The Morgan fingerprint density at radius 3 is 2.78 bits per heavy atom. The van der Waals surface area contributed by atoms with Gasteiger partial charge in [0.2, 0.25) is 12.7 Å². The number of rotatable bonds is 9. The van der Waals surface area contributed by atoms with Crippen molar-refractivity contribution in [2.45, 2.75) is 13.5 Å². The van der Waals surface area contributed by atoms with Crippen molar-refractivity contribution < 1.29 is 23.7 Å². The number of fused-ring (bicyclic) bond motifs is 1. The molecule has 32 heavy (non-hydrogen) atoms. The number of hydrogen-bond donors (Lipinski definition) is 1. The predicted molar refractivity (Wildman–Crippen MR) is 123 cm³/mol. The fraction of sp³-hybridized carbons (Fsp3) is 0.304. The van der Waals surface area contributed by atoms with E-state index in [-0.39, 0.29) is 19.2 Å². The molecule has 9 heteroatoms. The Morgan fingerprint density at radius 1 is 1.16 bits per heavy atom. The van der Waals surface area contributed by atoms with E-state index < -0.39 is 0 Å². The third-order valence-corrected chi connectivity index (χ3v) is 5.85. The SMILES string of the molecule is CCN(CC(=O)Nc1nc(-c2ccc(OC)cc2OC)cs1)Cc1ccc2c(c1)OCO2. The lowest BCUT2D eigenvalue weighted by Crippen LogP contribution is -2.32. The third-order valence-electron chi connectivity index (χ3n) is 5.09. The van der Waals surface area contributed by atoms with Gasteiger partial charge in [-0.25, -0.2) is 4.98 Å². The summed E-state index contributed by atoms with van der Waals surface area (Å²) in [4.78, 5) is 19.2. The smallest absolute Gasteiger partial charge is 0.240 e. The Hall–Kier alpha value is -3.30. The van der Waals surface area contributed by atoms with Gasteiger partial charge in [-0.3, -0.25) is 9.69 Å². The number of ether oxygens (including phenoxy) is 4. The highest BCUT2D eigenvalue weighted by atomic mass is 32.1. The molecule has 2 aromatic carbocycles. The van der Waals surface area contributed by atoms with Gasteiger partial charge < -0.3 is 24.3 Å². The lowest BCUT2D eigenvalue weighted by Gasteiger charge is -2.19. The van der Waals surface area contributed by atoms with Gasteiger partial charge in [-0.2, -0.15) is 0 Å². The standard InChI is InChI=1S/C23H25N3O5S/c1-4-26(11-15-5-8-19-21(9-15)31-14-30-19)12-22(27)25-23-24-18(13-32-23)17-7-6-16(28-2)10-20(17)29-3/h5-10,13H,4,11-12,14H2,1-3H3,(H,24,25,27). The molecule has 3 aromatic rings. The molecule has 1 amide bonds. The summed E-state index contributed by atoms with van der Waals surface area (Å²) in [6.45, 7) is 3.89. The van der Waals surface area contributed by atoms with Crippen LogP contribution in [0.3, 0.4) is 0 Å². The molecule has 168 valence electrons. The fourth-order valence-electron chi connectivity index (χ4n) is 3.40. The zero-order valence-electron chi connectivity index (χ0n) is 18.2. The van der Waals surface area contributed by atoms with Crippen molar-refractivity contribution >= 4 is 22.4 Å². The van der Waals surface area contributed by atoms with Crippen LogP contribution in [0.1, 0.15) is 12.5 Å². The van der Waals surface area contributed by atoms with E-state index in [1.165, 1.54) is 11.3 Å². The van der Waals surface area contributed by atoms with Crippen LogP contribution in [-0.4, -0.2) is 49.9 Å². The molecule has 0 aliphatic carbocycles. The second kappa shape index (κ2) is 9.88.